The van der Waals surface area contributed by atoms with Crippen molar-refractivity contribution < 1.29 is 9.59 Å². The van der Waals surface area contributed by atoms with Gasteiger partial charge < -0.3 is 5.32 Å². The molecule has 3 rings (SSSR count). The van der Waals surface area contributed by atoms with Crippen molar-refractivity contribution in [3.63, 3.8) is 0 Å². The monoisotopic (exact) mass is 412 g/mol. The fraction of sp³-hybridized carbons (Fsp3) is 0.200. The van der Waals surface area contributed by atoms with E-state index in [1.54, 1.807) is 0 Å². The molecule has 8 heteroatoms. The van der Waals surface area contributed by atoms with Gasteiger partial charge in [-0.2, -0.15) is 0 Å². The molecule has 0 fully saturated rings. The van der Waals surface area contributed by atoms with E-state index in [0.717, 1.165) is 22.4 Å². The predicted molar refractivity (Wildman–Crippen MR) is 114 cm³/mol. The van der Waals surface area contributed by atoms with Crippen molar-refractivity contribution in [3.8, 4) is 0 Å². The normalized spacial score (nSPS) is 10.5. The number of hydrogen-bond donors (Lipinski definition) is 2. The third-order valence-electron chi connectivity index (χ3n) is 3.74. The van der Waals surface area contributed by atoms with Crippen LogP contribution in [-0.4, -0.2) is 27.8 Å². The number of rotatable bonds is 6. The molecule has 0 aliphatic carbocycles. The Morgan fingerprint density at radius 3 is 2.43 bits per heavy atom. The maximum absolute atomic E-state index is 12.4. The average Bonchev–Trinajstić information content (AvgIpc) is 3.06. The number of thioether (sulfide) groups is 1. The zero-order valence-electron chi connectivity index (χ0n) is 15.8. The summed E-state index contributed by atoms with van der Waals surface area (Å²) >= 11 is 2.53. The van der Waals surface area contributed by atoms with Gasteiger partial charge in [0.25, 0.3) is 5.91 Å². The molecule has 6 nitrogen and oxygen atoms in total. The molecule has 3 aromatic rings. The first kappa shape index (κ1) is 20.0. The lowest BCUT2D eigenvalue weighted by molar-refractivity contribution is -0.113. The summed E-state index contributed by atoms with van der Waals surface area (Å²) in [5, 5.41) is 14.0. The molecule has 0 aliphatic heterocycles. The minimum absolute atomic E-state index is 0.119. The van der Waals surface area contributed by atoms with E-state index in [9.17, 15) is 9.59 Å². The van der Waals surface area contributed by atoms with E-state index in [-0.39, 0.29) is 17.6 Å². The van der Waals surface area contributed by atoms with E-state index >= 15 is 0 Å². The van der Waals surface area contributed by atoms with Crippen molar-refractivity contribution in [2.75, 3.05) is 16.4 Å². The van der Waals surface area contributed by atoms with Crippen molar-refractivity contribution in [2.24, 2.45) is 0 Å². The maximum Gasteiger partial charge on any atom is 0.257 e. The molecule has 28 heavy (non-hydrogen) atoms. The first-order valence-corrected chi connectivity index (χ1v) is 10.4. The van der Waals surface area contributed by atoms with Crippen LogP contribution in [0.3, 0.4) is 0 Å². The van der Waals surface area contributed by atoms with Crippen molar-refractivity contribution in [1.82, 2.24) is 10.2 Å². The molecule has 0 bridgehead atoms. The Morgan fingerprint density at radius 1 is 0.964 bits per heavy atom. The van der Waals surface area contributed by atoms with E-state index < -0.39 is 0 Å². The molecule has 0 aliphatic rings. The van der Waals surface area contributed by atoms with E-state index in [2.05, 4.69) is 20.8 Å². The van der Waals surface area contributed by atoms with Gasteiger partial charge in [-0.15, -0.1) is 10.2 Å². The molecular weight excluding hydrogens is 392 g/mol. The van der Waals surface area contributed by atoms with E-state index in [0.29, 0.717) is 15.0 Å². The minimum Gasteiger partial charge on any atom is -0.325 e. The second kappa shape index (κ2) is 8.99. The molecule has 0 saturated heterocycles. The molecule has 1 aromatic heterocycles. The summed E-state index contributed by atoms with van der Waals surface area (Å²) in [6, 6.07) is 13.3. The van der Waals surface area contributed by atoms with E-state index in [1.165, 1.54) is 23.1 Å². The zero-order valence-corrected chi connectivity index (χ0v) is 17.4. The molecular formula is C20H20N4O2S2. The Morgan fingerprint density at radius 2 is 1.71 bits per heavy atom. The maximum atomic E-state index is 12.4. The average molecular weight is 413 g/mol. The molecule has 0 unspecified atom stereocenters. The number of carbonyl (C=O) groups is 2. The van der Waals surface area contributed by atoms with Gasteiger partial charge in [0.05, 0.1) is 5.75 Å². The molecule has 2 aromatic carbocycles. The fourth-order valence-corrected chi connectivity index (χ4v) is 4.19. The van der Waals surface area contributed by atoms with Crippen LogP contribution in [0.1, 0.15) is 27.0 Å². The van der Waals surface area contributed by atoms with Crippen LogP contribution in [0.2, 0.25) is 0 Å². The summed E-state index contributed by atoms with van der Waals surface area (Å²) in [6.07, 6.45) is 0. The number of hydrogen-bond acceptors (Lipinski definition) is 6. The van der Waals surface area contributed by atoms with Crippen LogP contribution in [0, 0.1) is 20.8 Å². The highest BCUT2D eigenvalue weighted by Gasteiger charge is 2.12. The lowest BCUT2D eigenvalue weighted by atomic mass is 10.1. The summed E-state index contributed by atoms with van der Waals surface area (Å²) in [6.45, 7) is 5.87. The number of carbonyl (C=O) groups excluding carboxylic acids is 2. The number of anilines is 2. The highest BCUT2D eigenvalue weighted by molar-refractivity contribution is 8.01. The standard InChI is InChI=1S/C20H20N4O2S2/c1-12-5-4-6-16(10-12)21-17(25)11-27-20-24-23-19(28-20)22-18(26)15-8-13(2)7-14(3)9-15/h4-10H,11H2,1-3H3,(H,21,25)(H,22,23,26). The Balaban J connectivity index is 1.53. The fourth-order valence-electron chi connectivity index (χ4n) is 2.64. The van der Waals surface area contributed by atoms with Gasteiger partial charge in [0.15, 0.2) is 4.34 Å². The molecule has 1 heterocycles. The summed E-state index contributed by atoms with van der Waals surface area (Å²) in [4.78, 5) is 24.5. The predicted octanol–water partition coefficient (Wildman–Crippen LogP) is 4.45. The van der Waals surface area contributed by atoms with Gasteiger partial charge in [-0.1, -0.05) is 52.4 Å². The largest absolute Gasteiger partial charge is 0.325 e. The van der Waals surface area contributed by atoms with E-state index in [4.69, 9.17) is 0 Å². The van der Waals surface area contributed by atoms with Crippen LogP contribution in [0.5, 0.6) is 0 Å². The van der Waals surface area contributed by atoms with Crippen LogP contribution in [0.4, 0.5) is 10.8 Å². The topological polar surface area (TPSA) is 84.0 Å². The van der Waals surface area contributed by atoms with Crippen LogP contribution in [0.15, 0.2) is 46.8 Å². The highest BCUT2D eigenvalue weighted by Crippen LogP contribution is 2.26. The molecule has 0 atom stereocenters. The van der Waals surface area contributed by atoms with Crippen LogP contribution in [-0.2, 0) is 4.79 Å². The summed E-state index contributed by atoms with van der Waals surface area (Å²) < 4.78 is 0.620. The molecule has 2 amide bonds. The molecule has 2 N–H and O–H groups in total. The SMILES string of the molecule is Cc1cccc(NC(=O)CSc2nnc(NC(=O)c3cc(C)cc(C)c3)s2)c1. The van der Waals surface area contributed by atoms with Gasteiger partial charge in [-0.25, -0.2) is 0 Å². The molecule has 0 spiro atoms. The second-order valence-electron chi connectivity index (χ2n) is 6.41. The van der Waals surface area contributed by atoms with Gasteiger partial charge in [-0.05, 0) is 50.6 Å². The minimum atomic E-state index is -0.225. The lowest BCUT2D eigenvalue weighted by Crippen LogP contribution is -2.13. The number of aryl methyl sites for hydroxylation is 3. The van der Waals surface area contributed by atoms with Gasteiger partial charge in [0, 0.05) is 11.3 Å². The van der Waals surface area contributed by atoms with Gasteiger partial charge >= 0.3 is 0 Å². The summed E-state index contributed by atoms with van der Waals surface area (Å²) in [5.41, 5.74) is 4.49. The Bertz CT molecular complexity index is 997. The Kier molecular flexibility index (Phi) is 6.43. The second-order valence-corrected chi connectivity index (χ2v) is 8.61. The van der Waals surface area contributed by atoms with Crippen LogP contribution in [0.25, 0.3) is 0 Å². The van der Waals surface area contributed by atoms with E-state index in [1.807, 2.05) is 63.2 Å². The quantitative estimate of drug-likeness (QED) is 0.462. The zero-order chi connectivity index (χ0) is 20.1. The first-order chi connectivity index (χ1) is 13.4. The van der Waals surface area contributed by atoms with Gasteiger partial charge in [0.1, 0.15) is 0 Å². The van der Waals surface area contributed by atoms with Gasteiger partial charge in [0.2, 0.25) is 11.0 Å². The third-order valence-corrected chi connectivity index (χ3v) is 5.71. The molecule has 0 saturated carbocycles. The number of benzene rings is 2. The van der Waals surface area contributed by atoms with Crippen molar-refractivity contribution in [1.29, 1.82) is 0 Å². The Hall–Kier alpha value is -2.71. The molecule has 144 valence electrons. The van der Waals surface area contributed by atoms with Crippen molar-refractivity contribution >= 4 is 45.7 Å². The Labute approximate surface area is 171 Å². The number of nitrogens with one attached hydrogen (secondary N) is 2. The lowest BCUT2D eigenvalue weighted by Gasteiger charge is -2.05. The number of nitrogens with zero attached hydrogens (tertiary/aromatic N) is 2. The third kappa shape index (κ3) is 5.64. The van der Waals surface area contributed by atoms with Crippen LogP contribution >= 0.6 is 23.1 Å². The van der Waals surface area contributed by atoms with Crippen molar-refractivity contribution in [2.45, 2.75) is 25.1 Å². The number of amides is 2. The number of aromatic nitrogens is 2. The smallest absolute Gasteiger partial charge is 0.257 e. The summed E-state index contributed by atoms with van der Waals surface area (Å²) in [7, 11) is 0. The first-order valence-electron chi connectivity index (χ1n) is 8.61. The van der Waals surface area contributed by atoms with Crippen molar-refractivity contribution in [3.05, 3.63) is 64.7 Å². The highest BCUT2D eigenvalue weighted by atomic mass is 32.2. The summed E-state index contributed by atoms with van der Waals surface area (Å²) in [5.74, 6) is -0.128. The van der Waals surface area contributed by atoms with Crippen LogP contribution < -0.4 is 10.6 Å². The van der Waals surface area contributed by atoms with Gasteiger partial charge in [-0.3, -0.25) is 14.9 Å². The molecule has 0 radical (unpaired) electrons.